The molecule has 0 saturated carbocycles. The van der Waals surface area contributed by atoms with Crippen LogP contribution in [0, 0.1) is 6.92 Å². The van der Waals surface area contributed by atoms with Gasteiger partial charge in [-0.05, 0) is 18.6 Å². The average Bonchev–Trinajstić information content (AvgIpc) is 2.79. The van der Waals surface area contributed by atoms with Crippen LogP contribution in [0.1, 0.15) is 12.0 Å². The van der Waals surface area contributed by atoms with Crippen LogP contribution in [-0.2, 0) is 14.8 Å². The summed E-state index contributed by atoms with van der Waals surface area (Å²) in [5.74, 6) is -0.292. The molecule has 1 heterocycles. The maximum Gasteiger partial charge on any atom is 0.225 e. The van der Waals surface area contributed by atoms with E-state index in [0.717, 1.165) is 11.8 Å². The standard InChI is InChI=1S/C11H15N5O3S/c1-7-3-4-8-11(15-16-14-8)10(7)13-9(17)5-6-12-20(2,18)19/h3-4,12H,5-6H2,1-2H3,(H,13,17)(H,14,15,16). The molecule has 0 fully saturated rings. The Hall–Kier alpha value is -2.00. The van der Waals surface area contributed by atoms with Gasteiger partial charge in [0.1, 0.15) is 11.0 Å². The molecule has 108 valence electrons. The summed E-state index contributed by atoms with van der Waals surface area (Å²) in [5, 5.41) is 13.2. The van der Waals surface area contributed by atoms with Crippen molar-refractivity contribution in [2.45, 2.75) is 13.3 Å². The van der Waals surface area contributed by atoms with Gasteiger partial charge < -0.3 is 5.32 Å². The number of carbonyl (C=O) groups is 1. The lowest BCUT2D eigenvalue weighted by molar-refractivity contribution is -0.116. The summed E-state index contributed by atoms with van der Waals surface area (Å²) in [4.78, 5) is 11.8. The van der Waals surface area contributed by atoms with Crippen LogP contribution in [0.4, 0.5) is 5.69 Å². The second-order valence-electron chi connectivity index (χ2n) is 4.41. The zero-order valence-corrected chi connectivity index (χ0v) is 11.9. The second kappa shape index (κ2) is 5.55. The van der Waals surface area contributed by atoms with Gasteiger partial charge in [-0.3, -0.25) is 4.79 Å². The van der Waals surface area contributed by atoms with Gasteiger partial charge in [0.2, 0.25) is 15.9 Å². The monoisotopic (exact) mass is 297 g/mol. The van der Waals surface area contributed by atoms with Crippen molar-refractivity contribution in [3.05, 3.63) is 17.7 Å². The number of aromatic amines is 1. The Morgan fingerprint density at radius 1 is 1.35 bits per heavy atom. The molecule has 0 spiro atoms. The quantitative estimate of drug-likeness (QED) is 0.726. The highest BCUT2D eigenvalue weighted by Crippen LogP contribution is 2.23. The van der Waals surface area contributed by atoms with Crippen molar-refractivity contribution in [2.24, 2.45) is 0 Å². The molecule has 0 saturated heterocycles. The minimum Gasteiger partial charge on any atom is -0.324 e. The van der Waals surface area contributed by atoms with Crippen molar-refractivity contribution in [3.8, 4) is 0 Å². The van der Waals surface area contributed by atoms with Crippen LogP contribution >= 0.6 is 0 Å². The Labute approximate surface area is 116 Å². The number of hydrogen-bond donors (Lipinski definition) is 3. The van der Waals surface area contributed by atoms with Crippen molar-refractivity contribution < 1.29 is 13.2 Å². The normalized spacial score (nSPS) is 11.7. The summed E-state index contributed by atoms with van der Waals surface area (Å²) in [7, 11) is -3.28. The molecule has 9 heteroatoms. The van der Waals surface area contributed by atoms with Gasteiger partial charge in [-0.15, -0.1) is 0 Å². The lowest BCUT2D eigenvalue weighted by Gasteiger charge is -2.08. The summed E-state index contributed by atoms with van der Waals surface area (Å²) < 4.78 is 24.1. The van der Waals surface area contributed by atoms with E-state index < -0.39 is 10.0 Å². The summed E-state index contributed by atoms with van der Waals surface area (Å²) >= 11 is 0. The first-order valence-electron chi connectivity index (χ1n) is 5.91. The van der Waals surface area contributed by atoms with E-state index in [1.807, 2.05) is 13.0 Å². The lowest BCUT2D eigenvalue weighted by atomic mass is 10.1. The van der Waals surface area contributed by atoms with Crippen LogP contribution in [0.5, 0.6) is 0 Å². The number of aromatic nitrogens is 3. The first kappa shape index (κ1) is 14.4. The van der Waals surface area contributed by atoms with Crippen molar-refractivity contribution in [2.75, 3.05) is 18.1 Å². The molecule has 0 radical (unpaired) electrons. The minimum absolute atomic E-state index is 0.0424. The number of hydrogen-bond acceptors (Lipinski definition) is 5. The van der Waals surface area contributed by atoms with Gasteiger partial charge in [-0.1, -0.05) is 6.07 Å². The minimum atomic E-state index is -3.28. The van der Waals surface area contributed by atoms with Gasteiger partial charge in [0.15, 0.2) is 0 Å². The highest BCUT2D eigenvalue weighted by atomic mass is 32.2. The van der Waals surface area contributed by atoms with E-state index in [-0.39, 0.29) is 18.9 Å². The molecule has 1 aromatic carbocycles. The van der Waals surface area contributed by atoms with Crippen molar-refractivity contribution >= 4 is 32.7 Å². The van der Waals surface area contributed by atoms with Crippen molar-refractivity contribution in [1.82, 2.24) is 20.1 Å². The molecular formula is C11H15N5O3S. The number of nitrogens with zero attached hydrogens (tertiary/aromatic N) is 2. The van der Waals surface area contributed by atoms with Crippen LogP contribution in [-0.4, -0.2) is 42.5 Å². The highest BCUT2D eigenvalue weighted by Gasteiger charge is 2.12. The highest BCUT2D eigenvalue weighted by molar-refractivity contribution is 7.88. The Kier molecular flexibility index (Phi) is 4.00. The lowest BCUT2D eigenvalue weighted by Crippen LogP contribution is -2.26. The number of H-pyrrole nitrogens is 1. The van der Waals surface area contributed by atoms with Gasteiger partial charge in [-0.25, -0.2) is 13.1 Å². The van der Waals surface area contributed by atoms with E-state index in [4.69, 9.17) is 0 Å². The topological polar surface area (TPSA) is 117 Å². The first-order valence-corrected chi connectivity index (χ1v) is 7.80. The third kappa shape index (κ3) is 3.52. The molecule has 0 unspecified atom stereocenters. The zero-order chi connectivity index (χ0) is 14.8. The zero-order valence-electron chi connectivity index (χ0n) is 11.1. The SMILES string of the molecule is Cc1ccc2n[nH]nc2c1NC(=O)CCNS(C)(=O)=O. The van der Waals surface area contributed by atoms with E-state index >= 15 is 0 Å². The fraction of sp³-hybridized carbons (Fsp3) is 0.364. The molecule has 1 amide bonds. The maximum atomic E-state index is 11.8. The summed E-state index contributed by atoms with van der Waals surface area (Å²) in [6, 6.07) is 3.63. The number of carbonyl (C=O) groups excluding carboxylic acids is 1. The molecule has 8 nitrogen and oxygen atoms in total. The first-order chi connectivity index (χ1) is 9.37. The number of aryl methyl sites for hydroxylation is 1. The number of benzene rings is 1. The van der Waals surface area contributed by atoms with E-state index in [9.17, 15) is 13.2 Å². The van der Waals surface area contributed by atoms with E-state index in [1.165, 1.54) is 0 Å². The van der Waals surface area contributed by atoms with Gasteiger partial charge in [0.25, 0.3) is 0 Å². The fourth-order valence-electron chi connectivity index (χ4n) is 1.72. The van der Waals surface area contributed by atoms with Gasteiger partial charge in [0, 0.05) is 13.0 Å². The summed E-state index contributed by atoms with van der Waals surface area (Å²) in [5.41, 5.74) is 2.67. The van der Waals surface area contributed by atoms with E-state index in [0.29, 0.717) is 16.7 Å². The molecule has 0 aliphatic rings. The Morgan fingerprint density at radius 2 is 2.10 bits per heavy atom. The molecule has 0 bridgehead atoms. The molecule has 0 aliphatic heterocycles. The van der Waals surface area contributed by atoms with E-state index in [2.05, 4.69) is 25.4 Å². The molecule has 2 rings (SSSR count). The molecule has 1 aromatic heterocycles. The Bertz CT molecular complexity index is 738. The second-order valence-corrected chi connectivity index (χ2v) is 6.25. The molecular weight excluding hydrogens is 282 g/mol. The van der Waals surface area contributed by atoms with Crippen LogP contribution < -0.4 is 10.0 Å². The van der Waals surface area contributed by atoms with E-state index in [1.54, 1.807) is 6.07 Å². The third-order valence-corrected chi connectivity index (χ3v) is 3.41. The van der Waals surface area contributed by atoms with Crippen LogP contribution in [0.2, 0.25) is 0 Å². The van der Waals surface area contributed by atoms with Crippen LogP contribution in [0.25, 0.3) is 11.0 Å². The van der Waals surface area contributed by atoms with Crippen LogP contribution in [0.3, 0.4) is 0 Å². The number of amides is 1. The number of sulfonamides is 1. The maximum absolute atomic E-state index is 11.8. The fourth-order valence-corrected chi connectivity index (χ4v) is 2.20. The largest absolute Gasteiger partial charge is 0.324 e. The molecule has 0 atom stereocenters. The average molecular weight is 297 g/mol. The van der Waals surface area contributed by atoms with Crippen molar-refractivity contribution in [1.29, 1.82) is 0 Å². The number of rotatable bonds is 5. The predicted octanol–water partition coefficient (Wildman–Crippen LogP) is 0.144. The molecule has 2 aromatic rings. The van der Waals surface area contributed by atoms with Crippen LogP contribution in [0.15, 0.2) is 12.1 Å². The third-order valence-electron chi connectivity index (χ3n) is 2.68. The summed E-state index contributed by atoms with van der Waals surface area (Å²) in [6.45, 7) is 1.90. The van der Waals surface area contributed by atoms with Gasteiger partial charge >= 0.3 is 0 Å². The molecule has 3 N–H and O–H groups in total. The molecule has 0 aliphatic carbocycles. The van der Waals surface area contributed by atoms with Crippen molar-refractivity contribution in [3.63, 3.8) is 0 Å². The molecule has 20 heavy (non-hydrogen) atoms. The number of nitrogens with one attached hydrogen (secondary N) is 3. The number of fused-ring (bicyclic) bond motifs is 1. The smallest absolute Gasteiger partial charge is 0.225 e. The number of anilines is 1. The van der Waals surface area contributed by atoms with Gasteiger partial charge in [0.05, 0.1) is 11.9 Å². The predicted molar refractivity (Wildman–Crippen MR) is 74.7 cm³/mol. The Morgan fingerprint density at radius 3 is 2.80 bits per heavy atom. The Balaban J connectivity index is 2.06. The van der Waals surface area contributed by atoms with Gasteiger partial charge in [-0.2, -0.15) is 15.4 Å². The summed E-state index contributed by atoms with van der Waals surface area (Å²) in [6.07, 6.45) is 1.09.